The molecule has 0 aliphatic rings. The molecule has 0 bridgehead atoms. The van der Waals surface area contributed by atoms with Gasteiger partial charge in [0.25, 0.3) is 0 Å². The number of hydrogen-bond donors (Lipinski definition) is 2. The van der Waals surface area contributed by atoms with E-state index in [2.05, 4.69) is 21.5 Å². The average molecular weight is 434 g/mol. The molecule has 6 nitrogen and oxygen atoms in total. The molecule has 3 N–H and O–H groups in total. The summed E-state index contributed by atoms with van der Waals surface area (Å²) in [6.45, 7) is 2.36. The van der Waals surface area contributed by atoms with Gasteiger partial charge in [-0.15, -0.1) is 11.6 Å². The summed E-state index contributed by atoms with van der Waals surface area (Å²) in [5.41, 5.74) is 10.5. The normalized spacial score (nSPS) is 10.9. The first-order chi connectivity index (χ1) is 14.6. The van der Waals surface area contributed by atoms with Crippen molar-refractivity contribution in [1.29, 1.82) is 0 Å². The van der Waals surface area contributed by atoms with Gasteiger partial charge in [-0.2, -0.15) is 0 Å². The second kappa shape index (κ2) is 10.2. The summed E-state index contributed by atoms with van der Waals surface area (Å²) in [6.07, 6.45) is 0.0907. The molecule has 1 heterocycles. The molecule has 2 aromatic carbocycles. The largest absolute Gasteiger partial charge is 0.493 e. The number of rotatable bonds is 9. The molecule has 0 radical (unpaired) electrons. The minimum atomic E-state index is -0.716. The third-order valence-electron chi connectivity index (χ3n) is 4.65. The average Bonchev–Trinajstić information content (AvgIpc) is 3.04. The highest BCUT2D eigenvalue weighted by molar-refractivity contribution is 6.17. The van der Waals surface area contributed by atoms with Gasteiger partial charge in [0.15, 0.2) is 0 Å². The van der Waals surface area contributed by atoms with Gasteiger partial charge in [0.2, 0.25) is 0 Å². The topological polar surface area (TPSA) is 78.5 Å². The van der Waals surface area contributed by atoms with Crippen LogP contribution in [0.5, 0.6) is 5.75 Å². The van der Waals surface area contributed by atoms with Crippen LogP contribution in [0.3, 0.4) is 0 Å². The van der Waals surface area contributed by atoms with Crippen LogP contribution in [0.15, 0.2) is 42.5 Å². The Bertz CT molecular complexity index is 1010. The first-order valence-electron chi connectivity index (χ1n) is 9.79. The molecule has 0 aliphatic carbocycles. The summed E-state index contributed by atoms with van der Waals surface area (Å²) in [7, 11) is 0. The van der Waals surface area contributed by atoms with Crippen LogP contribution in [0, 0.1) is 0 Å². The minimum Gasteiger partial charge on any atom is -0.493 e. The highest BCUT2D eigenvalue weighted by atomic mass is 35.5. The van der Waals surface area contributed by atoms with Gasteiger partial charge >= 0.3 is 6.09 Å². The molecule has 3 aromatic rings. The van der Waals surface area contributed by atoms with Gasteiger partial charge in [0.05, 0.1) is 23.5 Å². The zero-order chi connectivity index (χ0) is 21.5. The molecule has 1 amide bonds. The van der Waals surface area contributed by atoms with E-state index in [0.717, 1.165) is 40.9 Å². The van der Waals surface area contributed by atoms with E-state index in [1.165, 1.54) is 0 Å². The molecule has 0 saturated carbocycles. The molecule has 3 rings (SSSR count). The Hall–Kier alpha value is -2.93. The number of nitrogens with zero attached hydrogens (tertiary/aromatic N) is 1. The quantitative estimate of drug-likeness (QED) is 0.348. The fourth-order valence-corrected chi connectivity index (χ4v) is 3.44. The van der Waals surface area contributed by atoms with Crippen molar-refractivity contribution in [3.63, 3.8) is 0 Å². The number of aromatic nitrogens is 1. The van der Waals surface area contributed by atoms with E-state index in [0.29, 0.717) is 23.9 Å². The van der Waals surface area contributed by atoms with Crippen LogP contribution < -0.4 is 15.8 Å². The van der Waals surface area contributed by atoms with Gasteiger partial charge in [-0.1, -0.05) is 12.1 Å². The van der Waals surface area contributed by atoms with Crippen molar-refractivity contribution < 1.29 is 18.7 Å². The van der Waals surface area contributed by atoms with Gasteiger partial charge in [-0.25, -0.2) is 9.18 Å². The van der Waals surface area contributed by atoms with Crippen molar-refractivity contribution >= 4 is 40.0 Å². The number of fused-ring (bicyclic) bond motifs is 1. The highest BCUT2D eigenvalue weighted by Crippen LogP contribution is 2.38. The molecule has 30 heavy (non-hydrogen) atoms. The van der Waals surface area contributed by atoms with Crippen LogP contribution in [-0.4, -0.2) is 36.4 Å². The molecule has 1 aromatic heterocycles. The molecule has 160 valence electrons. The predicted molar refractivity (Wildman–Crippen MR) is 119 cm³/mol. The van der Waals surface area contributed by atoms with Crippen molar-refractivity contribution in [2.24, 2.45) is 0 Å². The lowest BCUT2D eigenvalue weighted by Gasteiger charge is -2.11. The number of hydrogen-bond acceptors (Lipinski definition) is 4. The number of aryl methyl sites for hydroxylation is 1. The Kier molecular flexibility index (Phi) is 7.41. The van der Waals surface area contributed by atoms with Crippen molar-refractivity contribution in [2.45, 2.75) is 19.9 Å². The zero-order valence-electron chi connectivity index (χ0n) is 16.8. The number of nitrogens with two attached hydrogens (primary N) is 1. The van der Waals surface area contributed by atoms with E-state index in [-0.39, 0.29) is 6.61 Å². The van der Waals surface area contributed by atoms with Gasteiger partial charge in [0.1, 0.15) is 19.0 Å². The molecular formula is C22H25ClFN3O3. The summed E-state index contributed by atoms with van der Waals surface area (Å²) in [6, 6.07) is 13.1. The number of benzene rings is 2. The van der Waals surface area contributed by atoms with Crippen molar-refractivity contribution in [1.82, 2.24) is 4.57 Å². The van der Waals surface area contributed by atoms with Crippen LogP contribution in [0.25, 0.3) is 22.2 Å². The Morgan fingerprint density at radius 3 is 2.63 bits per heavy atom. The molecule has 8 heteroatoms. The van der Waals surface area contributed by atoms with Gasteiger partial charge in [-0.3, -0.25) is 5.32 Å². The van der Waals surface area contributed by atoms with Crippen LogP contribution in [-0.2, 0) is 11.3 Å². The SMILES string of the molecule is CCn1c(-c2ccc(NC(=O)OCCF)cc2)c(N)c2ccc(OCCCCl)cc21. The summed E-state index contributed by atoms with van der Waals surface area (Å²) < 4.78 is 24.7. The van der Waals surface area contributed by atoms with Crippen LogP contribution in [0.1, 0.15) is 13.3 Å². The zero-order valence-corrected chi connectivity index (χ0v) is 17.5. The lowest BCUT2D eigenvalue weighted by molar-refractivity contribution is 0.152. The Morgan fingerprint density at radius 2 is 1.97 bits per heavy atom. The highest BCUT2D eigenvalue weighted by Gasteiger charge is 2.17. The second-order valence-corrected chi connectivity index (χ2v) is 6.98. The number of anilines is 2. The first kappa shape index (κ1) is 21.8. The molecule has 0 atom stereocenters. The molecule has 0 saturated heterocycles. The molecule has 0 unspecified atom stereocenters. The number of carbonyl (C=O) groups is 1. The van der Waals surface area contributed by atoms with E-state index >= 15 is 0 Å². The number of alkyl halides is 2. The first-order valence-corrected chi connectivity index (χ1v) is 10.3. The van der Waals surface area contributed by atoms with E-state index in [4.69, 9.17) is 22.1 Å². The maximum absolute atomic E-state index is 12.1. The molecule has 0 spiro atoms. The van der Waals surface area contributed by atoms with Gasteiger partial charge in [-0.05, 0) is 37.6 Å². The Labute approximate surface area is 179 Å². The number of ether oxygens (including phenoxy) is 2. The van der Waals surface area contributed by atoms with Crippen LogP contribution >= 0.6 is 11.6 Å². The van der Waals surface area contributed by atoms with Gasteiger partial charge < -0.3 is 19.8 Å². The van der Waals surface area contributed by atoms with Crippen LogP contribution in [0.2, 0.25) is 0 Å². The van der Waals surface area contributed by atoms with E-state index in [1.807, 2.05) is 30.3 Å². The monoisotopic (exact) mass is 433 g/mol. The maximum atomic E-state index is 12.1. The van der Waals surface area contributed by atoms with E-state index in [9.17, 15) is 9.18 Å². The van der Waals surface area contributed by atoms with Crippen molar-refractivity contribution in [3.05, 3.63) is 42.5 Å². The summed E-state index contributed by atoms with van der Waals surface area (Å²) >= 11 is 5.72. The standard InChI is InChI=1S/C22H25ClFN3O3/c1-2-27-19-14-17(29-12-3-10-23)8-9-18(19)20(25)21(27)15-4-6-16(7-5-15)26-22(28)30-13-11-24/h4-9,14H,2-3,10-13,25H2,1H3,(H,26,28). The third kappa shape index (κ3) is 4.79. The molecular weight excluding hydrogens is 409 g/mol. The van der Waals surface area contributed by atoms with E-state index < -0.39 is 12.8 Å². The summed E-state index contributed by atoms with van der Waals surface area (Å²) in [5.74, 6) is 1.33. The number of nitrogen functional groups attached to an aromatic ring is 1. The number of nitrogens with one attached hydrogen (secondary N) is 1. The third-order valence-corrected chi connectivity index (χ3v) is 4.92. The number of amides is 1. The summed E-state index contributed by atoms with van der Waals surface area (Å²) in [5, 5.41) is 3.52. The maximum Gasteiger partial charge on any atom is 0.411 e. The predicted octanol–water partition coefficient (Wildman–Crippen LogP) is 5.44. The van der Waals surface area contributed by atoms with Crippen molar-refractivity contribution in [3.8, 4) is 17.0 Å². The lowest BCUT2D eigenvalue weighted by atomic mass is 10.1. The van der Waals surface area contributed by atoms with Gasteiger partial charge in [0, 0.05) is 35.1 Å². The smallest absolute Gasteiger partial charge is 0.411 e. The second-order valence-electron chi connectivity index (χ2n) is 6.60. The number of halogens is 2. The Morgan fingerprint density at radius 1 is 1.20 bits per heavy atom. The van der Waals surface area contributed by atoms with Crippen molar-refractivity contribution in [2.75, 3.05) is 36.8 Å². The van der Waals surface area contributed by atoms with E-state index in [1.54, 1.807) is 12.1 Å². The number of carbonyl (C=O) groups excluding carboxylic acids is 1. The summed E-state index contributed by atoms with van der Waals surface area (Å²) in [4.78, 5) is 11.6. The fourth-order valence-electron chi connectivity index (χ4n) is 3.33. The lowest BCUT2D eigenvalue weighted by Crippen LogP contribution is -2.14. The van der Waals surface area contributed by atoms with Crippen LogP contribution in [0.4, 0.5) is 20.6 Å². The minimum absolute atomic E-state index is 0.269. The Balaban J connectivity index is 1.89. The fraction of sp³-hybridized carbons (Fsp3) is 0.318. The molecule has 0 fully saturated rings. The molecule has 0 aliphatic heterocycles.